The number of fused-ring (bicyclic) bond motifs is 1. The van der Waals surface area contributed by atoms with Crippen molar-refractivity contribution in [2.24, 2.45) is 5.41 Å². The number of benzene rings is 1. The largest absolute Gasteiger partial charge is 0.373 e. The fourth-order valence-corrected chi connectivity index (χ4v) is 2.56. The molecule has 1 unspecified atom stereocenters. The third-order valence-electron chi connectivity index (χ3n) is 3.49. The molecule has 6 nitrogen and oxygen atoms in total. The van der Waals surface area contributed by atoms with Crippen LogP contribution in [0.1, 0.15) is 39.1 Å². The van der Waals surface area contributed by atoms with E-state index < -0.39 is 0 Å². The summed E-state index contributed by atoms with van der Waals surface area (Å²) in [5, 5.41) is 20.3. The van der Waals surface area contributed by atoms with Crippen molar-refractivity contribution in [2.75, 3.05) is 5.32 Å². The van der Waals surface area contributed by atoms with Crippen LogP contribution in [0.3, 0.4) is 0 Å². The van der Waals surface area contributed by atoms with Crippen LogP contribution in [0.5, 0.6) is 0 Å². The molecule has 1 aromatic carbocycles. The van der Waals surface area contributed by atoms with Gasteiger partial charge in [0.1, 0.15) is 0 Å². The van der Waals surface area contributed by atoms with Crippen molar-refractivity contribution in [3.05, 3.63) is 42.5 Å². The summed E-state index contributed by atoms with van der Waals surface area (Å²) < 4.78 is 0. The Hall–Kier alpha value is -2.50. The molecular weight excluding hydrogens is 276 g/mol. The predicted molar refractivity (Wildman–Crippen MR) is 86.4 cm³/mol. The summed E-state index contributed by atoms with van der Waals surface area (Å²) in [7, 11) is 0. The molecule has 0 aliphatic carbocycles. The summed E-state index contributed by atoms with van der Waals surface area (Å²) in [5.74, 6) is 0.669. The van der Waals surface area contributed by atoms with Crippen molar-refractivity contribution in [1.82, 2.24) is 25.6 Å². The maximum Gasteiger partial charge on any atom is 0.196 e. The molecule has 0 bridgehead atoms. The Morgan fingerprint density at radius 2 is 2.00 bits per heavy atom. The van der Waals surface area contributed by atoms with Crippen LogP contribution in [-0.2, 0) is 0 Å². The normalized spacial score (nSPS) is 13.2. The van der Waals surface area contributed by atoms with Gasteiger partial charge in [0.15, 0.2) is 5.82 Å². The summed E-state index contributed by atoms with van der Waals surface area (Å²) in [4.78, 5) is 4.32. The second-order valence-electron chi connectivity index (χ2n) is 6.64. The average Bonchev–Trinajstić information content (AvgIpc) is 3.00. The Labute approximate surface area is 129 Å². The Kier molecular flexibility index (Phi) is 3.75. The number of hydrogen-bond acceptors (Lipinski definition) is 5. The molecule has 6 heteroatoms. The molecule has 0 amide bonds. The highest BCUT2D eigenvalue weighted by Crippen LogP contribution is 2.32. The third-order valence-corrected chi connectivity index (χ3v) is 3.49. The zero-order valence-electron chi connectivity index (χ0n) is 13.0. The number of hydrogen-bond donors (Lipinski definition) is 2. The van der Waals surface area contributed by atoms with Crippen LogP contribution in [0.2, 0.25) is 0 Å². The molecule has 0 saturated heterocycles. The molecular formula is C16H20N6. The van der Waals surface area contributed by atoms with Crippen LogP contribution in [0, 0.1) is 5.41 Å². The standard InChI is InChI=1S/C16H20N6/c1-16(2,3)8-13(15-19-21-22-20-15)18-14-10-17-9-11-6-4-5-7-12(11)14/h4-7,9-10,13,18H,8H2,1-3H3,(H,19,20,21,22). The summed E-state index contributed by atoms with van der Waals surface area (Å²) >= 11 is 0. The highest BCUT2D eigenvalue weighted by molar-refractivity contribution is 5.92. The zero-order valence-corrected chi connectivity index (χ0v) is 13.0. The Morgan fingerprint density at radius 1 is 1.18 bits per heavy atom. The molecule has 2 aromatic heterocycles. The zero-order chi connectivity index (χ0) is 15.6. The number of pyridine rings is 1. The Morgan fingerprint density at radius 3 is 2.73 bits per heavy atom. The first-order chi connectivity index (χ1) is 10.5. The van der Waals surface area contributed by atoms with E-state index in [0.717, 1.165) is 22.9 Å². The molecule has 0 spiro atoms. The number of rotatable bonds is 4. The van der Waals surface area contributed by atoms with E-state index in [-0.39, 0.29) is 11.5 Å². The van der Waals surface area contributed by atoms with Crippen LogP contribution in [0.25, 0.3) is 10.8 Å². The van der Waals surface area contributed by atoms with Gasteiger partial charge >= 0.3 is 0 Å². The van der Waals surface area contributed by atoms with Crippen LogP contribution in [0.15, 0.2) is 36.7 Å². The summed E-state index contributed by atoms with van der Waals surface area (Å²) in [6.45, 7) is 6.59. The van der Waals surface area contributed by atoms with Gasteiger partial charge in [-0.3, -0.25) is 4.98 Å². The number of nitrogens with zero attached hydrogens (tertiary/aromatic N) is 4. The molecule has 0 radical (unpaired) electrons. The van der Waals surface area contributed by atoms with Gasteiger partial charge in [-0.2, -0.15) is 5.21 Å². The van der Waals surface area contributed by atoms with E-state index in [9.17, 15) is 0 Å². The summed E-state index contributed by atoms with van der Waals surface area (Å²) in [6, 6.07) is 8.16. The van der Waals surface area contributed by atoms with E-state index in [4.69, 9.17) is 0 Å². The number of aromatic nitrogens is 5. The van der Waals surface area contributed by atoms with Crippen LogP contribution < -0.4 is 5.32 Å². The smallest absolute Gasteiger partial charge is 0.196 e. The molecule has 0 aliphatic rings. The van der Waals surface area contributed by atoms with Crippen molar-refractivity contribution in [1.29, 1.82) is 0 Å². The number of H-pyrrole nitrogens is 1. The van der Waals surface area contributed by atoms with Gasteiger partial charge in [0.25, 0.3) is 0 Å². The number of anilines is 1. The quantitative estimate of drug-likeness (QED) is 0.772. The first-order valence-corrected chi connectivity index (χ1v) is 7.35. The highest BCUT2D eigenvalue weighted by atomic mass is 15.5. The maximum absolute atomic E-state index is 4.32. The Balaban J connectivity index is 1.95. The van der Waals surface area contributed by atoms with Gasteiger partial charge in [-0.15, -0.1) is 10.2 Å². The lowest BCUT2D eigenvalue weighted by Gasteiger charge is -2.25. The monoisotopic (exact) mass is 296 g/mol. The minimum atomic E-state index is -0.0219. The second-order valence-corrected chi connectivity index (χ2v) is 6.64. The molecule has 0 aliphatic heterocycles. The van der Waals surface area contributed by atoms with Gasteiger partial charge in [0, 0.05) is 17.0 Å². The fourth-order valence-electron chi connectivity index (χ4n) is 2.56. The maximum atomic E-state index is 4.32. The first-order valence-electron chi connectivity index (χ1n) is 7.35. The molecule has 3 rings (SSSR count). The van der Waals surface area contributed by atoms with E-state index in [1.807, 2.05) is 24.5 Å². The van der Waals surface area contributed by atoms with Gasteiger partial charge < -0.3 is 5.32 Å². The second kappa shape index (κ2) is 5.71. The molecule has 2 N–H and O–H groups in total. The minimum Gasteiger partial charge on any atom is -0.373 e. The van der Waals surface area contributed by atoms with Crippen LogP contribution in [0.4, 0.5) is 5.69 Å². The van der Waals surface area contributed by atoms with E-state index in [0.29, 0.717) is 5.82 Å². The number of nitrogens with one attached hydrogen (secondary N) is 2. The van der Waals surface area contributed by atoms with E-state index >= 15 is 0 Å². The predicted octanol–water partition coefficient (Wildman–Crippen LogP) is 3.34. The molecule has 1 atom stereocenters. The lowest BCUT2D eigenvalue weighted by molar-refractivity contribution is 0.347. The van der Waals surface area contributed by atoms with Crippen molar-refractivity contribution < 1.29 is 0 Å². The molecule has 0 fully saturated rings. The molecule has 114 valence electrons. The summed E-state index contributed by atoms with van der Waals surface area (Å²) in [6.07, 6.45) is 4.60. The van der Waals surface area contributed by atoms with E-state index in [2.05, 4.69) is 63.8 Å². The minimum absolute atomic E-state index is 0.0219. The van der Waals surface area contributed by atoms with Crippen LogP contribution in [-0.4, -0.2) is 25.6 Å². The van der Waals surface area contributed by atoms with Gasteiger partial charge in [-0.05, 0) is 11.8 Å². The van der Waals surface area contributed by atoms with Crippen molar-refractivity contribution in [2.45, 2.75) is 33.2 Å². The van der Waals surface area contributed by atoms with E-state index in [1.54, 1.807) is 0 Å². The van der Waals surface area contributed by atoms with Gasteiger partial charge in [-0.1, -0.05) is 50.3 Å². The third kappa shape index (κ3) is 3.21. The fraction of sp³-hybridized carbons (Fsp3) is 0.375. The average molecular weight is 296 g/mol. The van der Waals surface area contributed by atoms with Crippen molar-refractivity contribution in [3.8, 4) is 0 Å². The van der Waals surface area contributed by atoms with E-state index in [1.165, 1.54) is 0 Å². The van der Waals surface area contributed by atoms with Crippen molar-refractivity contribution in [3.63, 3.8) is 0 Å². The van der Waals surface area contributed by atoms with Crippen LogP contribution >= 0.6 is 0 Å². The lowest BCUT2D eigenvalue weighted by atomic mass is 9.87. The topological polar surface area (TPSA) is 79.4 Å². The number of tetrazole rings is 1. The van der Waals surface area contributed by atoms with Gasteiger partial charge in [0.2, 0.25) is 0 Å². The molecule has 0 saturated carbocycles. The first kappa shape index (κ1) is 14.4. The lowest BCUT2D eigenvalue weighted by Crippen LogP contribution is -2.20. The number of aromatic amines is 1. The molecule has 22 heavy (non-hydrogen) atoms. The Bertz CT molecular complexity index is 739. The molecule has 3 aromatic rings. The van der Waals surface area contributed by atoms with Gasteiger partial charge in [0.05, 0.1) is 17.9 Å². The molecule has 2 heterocycles. The summed E-state index contributed by atoms with van der Waals surface area (Å²) in [5.41, 5.74) is 1.12. The SMILES string of the molecule is CC(C)(C)CC(Nc1cncc2ccccc12)c1nn[nH]n1. The van der Waals surface area contributed by atoms with Crippen molar-refractivity contribution >= 4 is 16.5 Å². The van der Waals surface area contributed by atoms with Gasteiger partial charge in [-0.25, -0.2) is 0 Å². The highest BCUT2D eigenvalue weighted by Gasteiger charge is 2.24.